The molecule has 0 bridgehead atoms. The number of hydrogen-bond acceptors (Lipinski definition) is 6. The Morgan fingerprint density at radius 2 is 1.49 bits per heavy atom. The highest BCUT2D eigenvalue weighted by Crippen LogP contribution is 2.41. The van der Waals surface area contributed by atoms with E-state index in [1.807, 2.05) is 45.0 Å². The molecule has 8 heteroatoms. The molecule has 1 fully saturated rings. The molecule has 0 unspecified atom stereocenters. The number of nitrogens with zero attached hydrogens (tertiary/aromatic N) is 1. The molecule has 0 atom stereocenters. The monoisotopic (exact) mass is 551 g/mol. The number of nitrogens with one attached hydrogen (secondary N) is 2. The number of ether oxygens (including phenoxy) is 1. The van der Waals surface area contributed by atoms with E-state index in [0.29, 0.717) is 5.71 Å². The van der Waals surface area contributed by atoms with Crippen LogP contribution in [-0.4, -0.2) is 40.8 Å². The van der Waals surface area contributed by atoms with Crippen LogP contribution in [-0.2, 0) is 4.74 Å². The van der Waals surface area contributed by atoms with Gasteiger partial charge in [-0.2, -0.15) is 0 Å². The Morgan fingerprint density at radius 1 is 0.919 bits per heavy atom. The van der Waals surface area contributed by atoms with Crippen molar-refractivity contribution in [3.05, 3.63) is 76.8 Å². The second kappa shape index (κ2) is 10.7. The van der Waals surface area contributed by atoms with E-state index >= 15 is 0 Å². The third-order valence-corrected chi connectivity index (χ3v) is 8.61. The molecule has 37 heavy (non-hydrogen) atoms. The average Bonchev–Trinajstić information content (AvgIpc) is 3.11. The first kappa shape index (κ1) is 26.2. The molecule has 2 N–H and O–H groups in total. The van der Waals surface area contributed by atoms with E-state index in [2.05, 4.69) is 46.0 Å². The Labute approximate surface area is 232 Å². The number of amides is 1. The van der Waals surface area contributed by atoms with Gasteiger partial charge in [0.05, 0.1) is 5.71 Å². The summed E-state index contributed by atoms with van der Waals surface area (Å²) < 4.78 is 7.72. The third kappa shape index (κ3) is 6.34. The molecule has 192 valence electrons. The van der Waals surface area contributed by atoms with Crippen LogP contribution in [0.4, 0.5) is 4.79 Å². The van der Waals surface area contributed by atoms with Gasteiger partial charge in [0.1, 0.15) is 5.60 Å². The van der Waals surface area contributed by atoms with Gasteiger partial charge in [-0.3, -0.25) is 5.41 Å². The van der Waals surface area contributed by atoms with E-state index in [9.17, 15) is 4.79 Å². The van der Waals surface area contributed by atoms with Gasteiger partial charge in [0, 0.05) is 50.0 Å². The van der Waals surface area contributed by atoms with Gasteiger partial charge < -0.3 is 10.1 Å². The van der Waals surface area contributed by atoms with Crippen LogP contribution < -0.4 is 5.32 Å². The number of rotatable bonds is 5. The normalized spacial score (nSPS) is 15.8. The third-order valence-electron chi connectivity index (χ3n) is 6.27. The van der Waals surface area contributed by atoms with Crippen LogP contribution in [0.15, 0.2) is 75.4 Å². The number of hydrogen-bond donors (Lipinski definition) is 2. The summed E-state index contributed by atoms with van der Waals surface area (Å²) >= 11 is 9.42. The maximum absolute atomic E-state index is 12.1. The van der Waals surface area contributed by atoms with Crippen LogP contribution in [0, 0.1) is 5.41 Å². The van der Waals surface area contributed by atoms with Crippen LogP contribution in [0.2, 0.25) is 5.02 Å². The molecule has 0 radical (unpaired) electrons. The van der Waals surface area contributed by atoms with Gasteiger partial charge in [0.2, 0.25) is 0 Å². The molecular weight excluding hydrogens is 522 g/mol. The highest BCUT2D eigenvalue weighted by molar-refractivity contribution is 7.99. The van der Waals surface area contributed by atoms with E-state index in [0.717, 1.165) is 67.9 Å². The van der Waals surface area contributed by atoms with Crippen molar-refractivity contribution in [2.24, 2.45) is 0 Å². The number of benzene rings is 3. The van der Waals surface area contributed by atoms with Gasteiger partial charge >= 0.3 is 6.09 Å². The Bertz CT molecular complexity index is 1330. The first-order valence-corrected chi connectivity index (χ1v) is 14.3. The molecule has 1 amide bonds. The van der Waals surface area contributed by atoms with Crippen molar-refractivity contribution >= 4 is 47.1 Å². The zero-order chi connectivity index (χ0) is 26.2. The molecule has 3 aromatic carbocycles. The van der Waals surface area contributed by atoms with Gasteiger partial charge in [-0.15, -0.1) is 0 Å². The number of fused-ring (bicyclic) bond motifs is 3. The lowest BCUT2D eigenvalue weighted by atomic mass is 10.1. The van der Waals surface area contributed by atoms with Crippen molar-refractivity contribution in [1.82, 2.24) is 9.62 Å². The van der Waals surface area contributed by atoms with E-state index in [1.54, 1.807) is 23.7 Å². The van der Waals surface area contributed by atoms with Crippen LogP contribution in [0.3, 0.4) is 0 Å². The number of carbonyl (C=O) groups is 1. The van der Waals surface area contributed by atoms with Gasteiger partial charge in [-0.1, -0.05) is 35.5 Å². The molecule has 0 spiro atoms. The molecule has 1 saturated heterocycles. The molecule has 5 rings (SSSR count). The fraction of sp³-hybridized carbons (Fsp3) is 0.310. The van der Waals surface area contributed by atoms with Crippen molar-refractivity contribution in [3.63, 3.8) is 0 Å². The molecular formula is C29H30ClN3O2S2. The Balaban J connectivity index is 1.21. The fourth-order valence-corrected chi connectivity index (χ4v) is 6.52. The number of halogens is 1. The topological polar surface area (TPSA) is 65.4 Å². The Hall–Kier alpha value is -2.45. The smallest absolute Gasteiger partial charge is 0.407 e. The lowest BCUT2D eigenvalue weighted by Crippen LogP contribution is -2.44. The van der Waals surface area contributed by atoms with Crippen LogP contribution in [0.1, 0.15) is 44.7 Å². The van der Waals surface area contributed by atoms with E-state index < -0.39 is 5.60 Å². The first-order valence-electron chi connectivity index (χ1n) is 12.4. The Morgan fingerprint density at radius 3 is 2.11 bits per heavy atom. The predicted octanol–water partition coefficient (Wildman–Crippen LogP) is 7.88. The highest BCUT2D eigenvalue weighted by atomic mass is 35.5. The summed E-state index contributed by atoms with van der Waals surface area (Å²) in [5, 5.41) is 12.6. The maximum atomic E-state index is 12.1. The van der Waals surface area contributed by atoms with E-state index in [-0.39, 0.29) is 12.1 Å². The molecule has 3 aromatic rings. The summed E-state index contributed by atoms with van der Waals surface area (Å²) in [6.07, 6.45) is 1.42. The maximum Gasteiger partial charge on any atom is 0.407 e. The second-order valence-corrected chi connectivity index (χ2v) is 13.0. The van der Waals surface area contributed by atoms with Crippen molar-refractivity contribution < 1.29 is 9.53 Å². The Kier molecular flexibility index (Phi) is 7.59. The van der Waals surface area contributed by atoms with Crippen molar-refractivity contribution in [3.8, 4) is 11.1 Å². The van der Waals surface area contributed by atoms with Crippen LogP contribution in [0.25, 0.3) is 11.1 Å². The minimum Gasteiger partial charge on any atom is -0.444 e. The fourth-order valence-electron chi connectivity index (χ4n) is 4.55. The summed E-state index contributed by atoms with van der Waals surface area (Å²) in [5.41, 5.74) is 4.28. The summed E-state index contributed by atoms with van der Waals surface area (Å²) in [4.78, 5) is 15.4. The minimum atomic E-state index is -0.487. The molecule has 0 saturated carbocycles. The van der Waals surface area contributed by atoms with Crippen molar-refractivity contribution in [2.75, 3.05) is 13.1 Å². The SMILES string of the molecule is CC(C)(C)OC(=O)NC1CCN(Sc2ccc3c(c2)C(=N)c2cc(Sc4ccc(Cl)cc4)ccc2-3)CC1. The van der Waals surface area contributed by atoms with Gasteiger partial charge in [-0.25, -0.2) is 9.10 Å². The zero-order valence-electron chi connectivity index (χ0n) is 21.1. The minimum absolute atomic E-state index is 0.134. The molecule has 1 aliphatic carbocycles. The van der Waals surface area contributed by atoms with Gasteiger partial charge in [0.25, 0.3) is 0 Å². The number of piperidine rings is 1. The van der Waals surface area contributed by atoms with Crippen LogP contribution >= 0.6 is 35.3 Å². The molecule has 0 aromatic heterocycles. The standard InChI is InChI=1S/C29H30ClN3O2S2/c1-29(2,3)35-28(34)32-19-12-14-33(15-13-19)37-22-9-11-24-23-10-8-21(16-25(23)27(31)26(24)17-22)36-20-6-4-18(30)5-7-20/h4-11,16-17,19,31H,12-15H2,1-3H3,(H,32,34). The lowest BCUT2D eigenvalue weighted by molar-refractivity contribution is 0.0490. The summed E-state index contributed by atoms with van der Waals surface area (Å²) in [7, 11) is 0. The largest absolute Gasteiger partial charge is 0.444 e. The van der Waals surface area contributed by atoms with E-state index in [1.165, 1.54) is 0 Å². The highest BCUT2D eigenvalue weighted by Gasteiger charge is 2.27. The number of alkyl carbamates (subject to hydrolysis) is 1. The van der Waals surface area contributed by atoms with Crippen molar-refractivity contribution in [1.29, 1.82) is 5.41 Å². The predicted molar refractivity (Wildman–Crippen MR) is 153 cm³/mol. The van der Waals surface area contributed by atoms with Gasteiger partial charge in [-0.05, 0) is 105 Å². The van der Waals surface area contributed by atoms with Gasteiger partial charge in [0.15, 0.2) is 0 Å². The molecule has 2 aliphatic rings. The summed E-state index contributed by atoms with van der Waals surface area (Å²) in [6, 6.07) is 20.7. The number of carbonyl (C=O) groups excluding carboxylic acids is 1. The molecule has 5 nitrogen and oxygen atoms in total. The summed E-state index contributed by atoms with van der Waals surface area (Å²) in [6.45, 7) is 7.39. The van der Waals surface area contributed by atoms with E-state index in [4.69, 9.17) is 21.7 Å². The second-order valence-electron chi connectivity index (χ2n) is 10.3. The zero-order valence-corrected chi connectivity index (χ0v) is 23.5. The summed E-state index contributed by atoms with van der Waals surface area (Å²) in [5.74, 6) is 0. The van der Waals surface area contributed by atoms with Crippen LogP contribution in [0.5, 0.6) is 0 Å². The van der Waals surface area contributed by atoms with Crippen molar-refractivity contribution in [2.45, 2.75) is 59.9 Å². The average molecular weight is 552 g/mol. The molecule has 1 heterocycles. The first-order chi connectivity index (χ1) is 17.6. The molecule has 1 aliphatic heterocycles. The quantitative estimate of drug-likeness (QED) is 0.247. The lowest BCUT2D eigenvalue weighted by Gasteiger charge is -2.32.